The van der Waals surface area contributed by atoms with E-state index in [2.05, 4.69) is 28.7 Å². The summed E-state index contributed by atoms with van der Waals surface area (Å²) >= 11 is 0. The van der Waals surface area contributed by atoms with Gasteiger partial charge in [-0.1, -0.05) is 43.7 Å². The Morgan fingerprint density at radius 3 is 2.20 bits per heavy atom. The van der Waals surface area contributed by atoms with Crippen molar-refractivity contribution >= 4 is 10.8 Å². The Labute approximate surface area is 176 Å². The van der Waals surface area contributed by atoms with Gasteiger partial charge in [0.1, 0.15) is 5.82 Å². The first-order valence-corrected chi connectivity index (χ1v) is 10.3. The monoisotopic (exact) mass is 394 g/mol. The Morgan fingerprint density at radius 1 is 0.767 bits per heavy atom. The molecular weight excluding hydrogens is 371 g/mol. The molecule has 0 saturated carbocycles. The van der Waals surface area contributed by atoms with Crippen LogP contribution in [0.1, 0.15) is 42.9 Å². The van der Waals surface area contributed by atoms with Gasteiger partial charge in [-0.2, -0.15) is 0 Å². The molecule has 3 aromatic carbocycles. The molecule has 2 nitrogen and oxygen atoms in total. The third-order valence-corrected chi connectivity index (χ3v) is 5.07. The van der Waals surface area contributed by atoms with Crippen LogP contribution in [0.4, 0.5) is 4.39 Å². The Kier molecular flexibility index (Phi) is 6.15. The zero-order chi connectivity index (χ0) is 20.8. The molecule has 4 aromatic rings. The zero-order valence-corrected chi connectivity index (χ0v) is 17.0. The van der Waals surface area contributed by atoms with Crippen LogP contribution in [-0.2, 0) is 6.42 Å². The summed E-state index contributed by atoms with van der Waals surface area (Å²) in [5.41, 5.74) is 4.00. The third-order valence-electron chi connectivity index (χ3n) is 5.07. The van der Waals surface area contributed by atoms with Gasteiger partial charge in [-0.05, 0) is 77.7 Å². The standard InChI is InChI=1S/C27H23FN2/c1-2-3-4-5-22-18-29-27(30-19-22)23-11-8-20(9-12-23)6-7-21-10-13-25-17-26(28)15-14-24(25)16-21/h8-19H,2-5H2,1H3. The minimum absolute atomic E-state index is 0.225. The van der Waals surface area contributed by atoms with Gasteiger partial charge in [-0.3, -0.25) is 0 Å². The Hall–Kier alpha value is -3.51. The molecule has 0 aliphatic rings. The van der Waals surface area contributed by atoms with Crippen molar-refractivity contribution in [3.8, 4) is 23.2 Å². The molecule has 0 N–H and O–H groups in total. The second-order valence-electron chi connectivity index (χ2n) is 7.41. The summed E-state index contributed by atoms with van der Waals surface area (Å²) in [5, 5.41) is 1.86. The summed E-state index contributed by atoms with van der Waals surface area (Å²) in [6.45, 7) is 2.21. The van der Waals surface area contributed by atoms with E-state index in [1.807, 2.05) is 54.9 Å². The first-order chi connectivity index (χ1) is 14.7. The fraction of sp³-hybridized carbons (Fsp3) is 0.185. The predicted molar refractivity (Wildman–Crippen MR) is 121 cm³/mol. The van der Waals surface area contributed by atoms with Crippen molar-refractivity contribution < 1.29 is 4.39 Å². The molecule has 1 aromatic heterocycles. The van der Waals surface area contributed by atoms with Crippen molar-refractivity contribution in [3.63, 3.8) is 0 Å². The highest BCUT2D eigenvalue weighted by Crippen LogP contribution is 2.18. The molecule has 0 aliphatic heterocycles. The van der Waals surface area contributed by atoms with Gasteiger partial charge in [0, 0.05) is 29.1 Å². The van der Waals surface area contributed by atoms with Crippen molar-refractivity contribution in [2.75, 3.05) is 0 Å². The highest BCUT2D eigenvalue weighted by molar-refractivity contribution is 5.84. The van der Waals surface area contributed by atoms with Crippen molar-refractivity contribution in [1.82, 2.24) is 9.97 Å². The average Bonchev–Trinajstić information content (AvgIpc) is 2.79. The lowest BCUT2D eigenvalue weighted by molar-refractivity contribution is 0.630. The molecule has 0 bridgehead atoms. The molecule has 0 amide bonds. The lowest BCUT2D eigenvalue weighted by atomic mass is 10.1. The number of aromatic nitrogens is 2. The Bertz CT molecular complexity index is 1200. The van der Waals surface area contributed by atoms with Crippen molar-refractivity contribution in [1.29, 1.82) is 0 Å². The number of unbranched alkanes of at least 4 members (excludes halogenated alkanes) is 2. The minimum Gasteiger partial charge on any atom is -0.236 e. The Morgan fingerprint density at radius 2 is 1.43 bits per heavy atom. The molecule has 0 aliphatic carbocycles. The molecule has 1 heterocycles. The van der Waals surface area contributed by atoms with Crippen LogP contribution in [0.5, 0.6) is 0 Å². The maximum atomic E-state index is 13.3. The summed E-state index contributed by atoms with van der Waals surface area (Å²) in [6.07, 6.45) is 8.53. The van der Waals surface area contributed by atoms with Gasteiger partial charge >= 0.3 is 0 Å². The summed E-state index contributed by atoms with van der Waals surface area (Å²) < 4.78 is 13.3. The number of benzene rings is 3. The van der Waals surface area contributed by atoms with Crippen LogP contribution in [0.15, 0.2) is 73.1 Å². The van der Waals surface area contributed by atoms with E-state index in [0.29, 0.717) is 0 Å². The van der Waals surface area contributed by atoms with Gasteiger partial charge in [0.15, 0.2) is 5.82 Å². The maximum absolute atomic E-state index is 13.3. The number of nitrogens with zero attached hydrogens (tertiary/aromatic N) is 2. The first-order valence-electron chi connectivity index (χ1n) is 10.3. The second kappa shape index (κ2) is 9.33. The lowest BCUT2D eigenvalue weighted by Gasteiger charge is -2.03. The predicted octanol–water partition coefficient (Wildman–Crippen LogP) is 6.57. The van der Waals surface area contributed by atoms with E-state index in [0.717, 1.165) is 39.7 Å². The summed E-state index contributed by atoms with van der Waals surface area (Å²) in [5.74, 6) is 6.88. The molecule has 148 valence electrons. The number of rotatable bonds is 5. The van der Waals surface area contributed by atoms with E-state index in [1.54, 1.807) is 6.07 Å². The summed E-state index contributed by atoms with van der Waals surface area (Å²) in [4.78, 5) is 9.02. The van der Waals surface area contributed by atoms with E-state index in [1.165, 1.54) is 37.0 Å². The fourth-order valence-corrected chi connectivity index (χ4v) is 3.35. The van der Waals surface area contributed by atoms with Crippen LogP contribution in [0.3, 0.4) is 0 Å². The number of halogens is 1. The highest BCUT2D eigenvalue weighted by atomic mass is 19.1. The van der Waals surface area contributed by atoms with E-state index < -0.39 is 0 Å². The first kappa shape index (κ1) is 19.8. The highest BCUT2D eigenvalue weighted by Gasteiger charge is 2.02. The number of hydrogen-bond donors (Lipinski definition) is 0. The van der Waals surface area contributed by atoms with Crippen LogP contribution in [0.25, 0.3) is 22.2 Å². The van der Waals surface area contributed by atoms with E-state index in [4.69, 9.17) is 0 Å². The minimum atomic E-state index is -0.225. The van der Waals surface area contributed by atoms with Crippen LogP contribution in [-0.4, -0.2) is 9.97 Å². The summed E-state index contributed by atoms with van der Waals surface area (Å²) in [7, 11) is 0. The Balaban J connectivity index is 1.46. The summed E-state index contributed by atoms with van der Waals surface area (Å²) in [6, 6.07) is 18.5. The van der Waals surface area contributed by atoms with Crippen molar-refractivity contribution in [3.05, 3.63) is 95.6 Å². The average molecular weight is 394 g/mol. The quantitative estimate of drug-likeness (QED) is 0.283. The van der Waals surface area contributed by atoms with Crippen molar-refractivity contribution in [2.45, 2.75) is 32.6 Å². The molecule has 0 unspecified atom stereocenters. The molecule has 0 radical (unpaired) electrons. The van der Waals surface area contributed by atoms with Gasteiger partial charge in [0.25, 0.3) is 0 Å². The molecular formula is C27H23FN2. The molecule has 0 saturated heterocycles. The largest absolute Gasteiger partial charge is 0.236 e. The number of hydrogen-bond acceptors (Lipinski definition) is 2. The lowest BCUT2D eigenvalue weighted by Crippen LogP contribution is -1.93. The van der Waals surface area contributed by atoms with E-state index in [9.17, 15) is 4.39 Å². The van der Waals surface area contributed by atoms with E-state index >= 15 is 0 Å². The molecule has 0 fully saturated rings. The SMILES string of the molecule is CCCCCc1cnc(-c2ccc(C#Cc3ccc4cc(F)ccc4c3)cc2)nc1. The molecule has 0 atom stereocenters. The zero-order valence-electron chi connectivity index (χ0n) is 17.0. The maximum Gasteiger partial charge on any atom is 0.159 e. The molecule has 4 rings (SSSR count). The smallest absolute Gasteiger partial charge is 0.159 e. The van der Waals surface area contributed by atoms with Crippen LogP contribution >= 0.6 is 0 Å². The topological polar surface area (TPSA) is 25.8 Å². The molecule has 3 heteroatoms. The van der Waals surface area contributed by atoms with Gasteiger partial charge in [-0.15, -0.1) is 0 Å². The van der Waals surface area contributed by atoms with Gasteiger partial charge in [-0.25, -0.2) is 14.4 Å². The van der Waals surface area contributed by atoms with Gasteiger partial charge < -0.3 is 0 Å². The second-order valence-corrected chi connectivity index (χ2v) is 7.41. The van der Waals surface area contributed by atoms with Gasteiger partial charge in [0.05, 0.1) is 0 Å². The van der Waals surface area contributed by atoms with Crippen LogP contribution in [0, 0.1) is 17.7 Å². The van der Waals surface area contributed by atoms with Gasteiger partial charge in [0.2, 0.25) is 0 Å². The third kappa shape index (κ3) is 4.90. The van der Waals surface area contributed by atoms with Crippen LogP contribution in [0.2, 0.25) is 0 Å². The number of aryl methyl sites for hydroxylation is 1. The molecule has 0 spiro atoms. The van der Waals surface area contributed by atoms with Crippen molar-refractivity contribution in [2.24, 2.45) is 0 Å². The number of fused-ring (bicyclic) bond motifs is 1. The van der Waals surface area contributed by atoms with Crippen LogP contribution < -0.4 is 0 Å². The fourth-order valence-electron chi connectivity index (χ4n) is 3.35. The normalized spacial score (nSPS) is 10.6. The van der Waals surface area contributed by atoms with E-state index in [-0.39, 0.29) is 5.82 Å². The molecule has 30 heavy (non-hydrogen) atoms.